The van der Waals surface area contributed by atoms with Gasteiger partial charge in [0.15, 0.2) is 0 Å². The van der Waals surface area contributed by atoms with Crippen molar-refractivity contribution in [1.29, 1.82) is 0 Å². The molecule has 3 heteroatoms. The summed E-state index contributed by atoms with van der Waals surface area (Å²) in [5.41, 5.74) is 1.20. The number of nitrogens with one attached hydrogen (secondary N) is 1. The lowest BCUT2D eigenvalue weighted by atomic mass is 10.2. The van der Waals surface area contributed by atoms with Gasteiger partial charge >= 0.3 is 0 Å². The van der Waals surface area contributed by atoms with Crippen LogP contribution in [0.1, 0.15) is 12.0 Å². The SMILES string of the molecule is c1cc(CNC2CCOC2)co1. The molecule has 1 aliphatic rings. The van der Waals surface area contributed by atoms with E-state index in [4.69, 9.17) is 9.15 Å². The van der Waals surface area contributed by atoms with E-state index >= 15 is 0 Å². The topological polar surface area (TPSA) is 34.4 Å². The quantitative estimate of drug-likeness (QED) is 0.733. The van der Waals surface area contributed by atoms with Gasteiger partial charge in [-0.05, 0) is 12.5 Å². The molecule has 3 nitrogen and oxygen atoms in total. The Hall–Kier alpha value is -0.800. The molecule has 66 valence electrons. The maximum absolute atomic E-state index is 5.24. The van der Waals surface area contributed by atoms with Gasteiger partial charge in [-0.25, -0.2) is 0 Å². The molecule has 2 rings (SSSR count). The number of hydrogen-bond acceptors (Lipinski definition) is 3. The zero-order valence-corrected chi connectivity index (χ0v) is 6.95. The molecule has 0 aromatic carbocycles. The van der Waals surface area contributed by atoms with Gasteiger partial charge in [-0.3, -0.25) is 0 Å². The van der Waals surface area contributed by atoms with E-state index < -0.39 is 0 Å². The van der Waals surface area contributed by atoms with Gasteiger partial charge < -0.3 is 14.5 Å². The largest absolute Gasteiger partial charge is 0.472 e. The van der Waals surface area contributed by atoms with Crippen LogP contribution in [-0.4, -0.2) is 19.3 Å². The zero-order chi connectivity index (χ0) is 8.23. The fourth-order valence-electron chi connectivity index (χ4n) is 1.35. The van der Waals surface area contributed by atoms with Crippen LogP contribution in [0.4, 0.5) is 0 Å². The number of rotatable bonds is 3. The molecule has 1 N–H and O–H groups in total. The summed E-state index contributed by atoms with van der Waals surface area (Å²) in [6, 6.07) is 2.50. The van der Waals surface area contributed by atoms with E-state index in [1.165, 1.54) is 5.56 Å². The second-order valence-corrected chi connectivity index (χ2v) is 3.07. The molecule has 1 aliphatic heterocycles. The molecule has 0 bridgehead atoms. The summed E-state index contributed by atoms with van der Waals surface area (Å²) >= 11 is 0. The molecule has 1 saturated heterocycles. The second-order valence-electron chi connectivity index (χ2n) is 3.07. The van der Waals surface area contributed by atoms with Crippen molar-refractivity contribution >= 4 is 0 Å². The Bertz CT molecular complexity index is 214. The molecule has 0 saturated carbocycles. The Morgan fingerprint density at radius 3 is 3.25 bits per heavy atom. The minimum absolute atomic E-state index is 0.528. The minimum Gasteiger partial charge on any atom is -0.472 e. The van der Waals surface area contributed by atoms with E-state index in [-0.39, 0.29) is 0 Å². The van der Waals surface area contributed by atoms with Crippen molar-refractivity contribution in [2.24, 2.45) is 0 Å². The van der Waals surface area contributed by atoms with Crippen LogP contribution in [0.5, 0.6) is 0 Å². The second kappa shape index (κ2) is 3.74. The minimum atomic E-state index is 0.528. The zero-order valence-electron chi connectivity index (χ0n) is 6.95. The summed E-state index contributed by atoms with van der Waals surface area (Å²) < 4.78 is 10.2. The first kappa shape index (κ1) is 7.83. The first-order chi connectivity index (χ1) is 5.95. The van der Waals surface area contributed by atoms with Crippen molar-refractivity contribution in [3.63, 3.8) is 0 Å². The lowest BCUT2D eigenvalue weighted by Crippen LogP contribution is -2.28. The molecule has 0 spiro atoms. The average molecular weight is 167 g/mol. The molecule has 0 aliphatic carbocycles. The van der Waals surface area contributed by atoms with Crippen LogP contribution in [0.15, 0.2) is 23.0 Å². The van der Waals surface area contributed by atoms with E-state index in [1.54, 1.807) is 12.5 Å². The van der Waals surface area contributed by atoms with Crippen LogP contribution in [0.25, 0.3) is 0 Å². The van der Waals surface area contributed by atoms with Gasteiger partial charge in [0, 0.05) is 24.8 Å². The monoisotopic (exact) mass is 167 g/mol. The summed E-state index contributed by atoms with van der Waals surface area (Å²) in [4.78, 5) is 0. The summed E-state index contributed by atoms with van der Waals surface area (Å²) in [6.45, 7) is 2.62. The van der Waals surface area contributed by atoms with Crippen LogP contribution in [0.2, 0.25) is 0 Å². The molecule has 1 fully saturated rings. The Kier molecular flexibility index (Phi) is 2.44. The molecular formula is C9H13NO2. The number of hydrogen-bond donors (Lipinski definition) is 1. The molecule has 0 radical (unpaired) electrons. The Labute approximate surface area is 71.7 Å². The molecule has 12 heavy (non-hydrogen) atoms. The smallest absolute Gasteiger partial charge is 0.0947 e. The molecule has 0 amide bonds. The molecule has 2 heterocycles. The van der Waals surface area contributed by atoms with Gasteiger partial charge in [-0.2, -0.15) is 0 Å². The third kappa shape index (κ3) is 1.87. The van der Waals surface area contributed by atoms with Gasteiger partial charge in [0.1, 0.15) is 0 Å². The lowest BCUT2D eigenvalue weighted by molar-refractivity contribution is 0.190. The fourth-order valence-corrected chi connectivity index (χ4v) is 1.35. The van der Waals surface area contributed by atoms with Crippen molar-refractivity contribution in [2.45, 2.75) is 19.0 Å². The molecular weight excluding hydrogens is 154 g/mol. The third-order valence-electron chi connectivity index (χ3n) is 2.10. The lowest BCUT2D eigenvalue weighted by Gasteiger charge is -2.07. The van der Waals surface area contributed by atoms with E-state index in [0.29, 0.717) is 6.04 Å². The molecule has 1 aromatic rings. The Morgan fingerprint density at radius 2 is 2.58 bits per heavy atom. The van der Waals surface area contributed by atoms with Crippen LogP contribution in [0.3, 0.4) is 0 Å². The predicted octanol–water partition coefficient (Wildman–Crippen LogP) is 1.16. The number of furan rings is 1. The predicted molar refractivity (Wildman–Crippen MR) is 44.8 cm³/mol. The summed E-state index contributed by atoms with van der Waals surface area (Å²) in [7, 11) is 0. The van der Waals surface area contributed by atoms with Gasteiger partial charge in [0.05, 0.1) is 19.1 Å². The van der Waals surface area contributed by atoms with Gasteiger partial charge in [0.2, 0.25) is 0 Å². The van der Waals surface area contributed by atoms with E-state index in [1.807, 2.05) is 6.07 Å². The highest BCUT2D eigenvalue weighted by Gasteiger charge is 2.14. The fraction of sp³-hybridized carbons (Fsp3) is 0.556. The first-order valence-corrected chi connectivity index (χ1v) is 4.27. The highest BCUT2D eigenvalue weighted by atomic mass is 16.5. The van der Waals surface area contributed by atoms with E-state index in [2.05, 4.69) is 5.32 Å². The Balaban J connectivity index is 1.74. The van der Waals surface area contributed by atoms with Crippen molar-refractivity contribution in [3.8, 4) is 0 Å². The highest BCUT2D eigenvalue weighted by Crippen LogP contribution is 2.05. The van der Waals surface area contributed by atoms with Crippen LogP contribution >= 0.6 is 0 Å². The van der Waals surface area contributed by atoms with Crippen molar-refractivity contribution in [3.05, 3.63) is 24.2 Å². The van der Waals surface area contributed by atoms with Crippen LogP contribution in [0, 0.1) is 0 Å². The highest BCUT2D eigenvalue weighted by molar-refractivity contribution is 5.04. The normalized spacial score (nSPS) is 23.2. The van der Waals surface area contributed by atoms with Gasteiger partial charge in [0.25, 0.3) is 0 Å². The summed E-state index contributed by atoms with van der Waals surface area (Å²) in [5.74, 6) is 0. The summed E-state index contributed by atoms with van der Waals surface area (Å²) in [6.07, 6.45) is 4.59. The third-order valence-corrected chi connectivity index (χ3v) is 2.10. The maximum atomic E-state index is 5.24. The van der Waals surface area contributed by atoms with Crippen molar-refractivity contribution in [2.75, 3.05) is 13.2 Å². The van der Waals surface area contributed by atoms with Gasteiger partial charge in [-0.15, -0.1) is 0 Å². The molecule has 1 atom stereocenters. The van der Waals surface area contributed by atoms with Gasteiger partial charge in [-0.1, -0.05) is 0 Å². The van der Waals surface area contributed by atoms with E-state index in [0.717, 1.165) is 26.2 Å². The first-order valence-electron chi connectivity index (χ1n) is 4.27. The van der Waals surface area contributed by atoms with Crippen molar-refractivity contribution in [1.82, 2.24) is 5.32 Å². The molecule has 1 unspecified atom stereocenters. The number of ether oxygens (including phenoxy) is 1. The van der Waals surface area contributed by atoms with Crippen LogP contribution in [-0.2, 0) is 11.3 Å². The standard InChI is InChI=1S/C9H13NO2/c1-3-11-6-8(1)5-10-9-2-4-12-7-9/h1,3,6,9-10H,2,4-5,7H2. The van der Waals surface area contributed by atoms with Crippen molar-refractivity contribution < 1.29 is 9.15 Å². The van der Waals surface area contributed by atoms with E-state index in [9.17, 15) is 0 Å². The average Bonchev–Trinajstić information content (AvgIpc) is 2.74. The Morgan fingerprint density at radius 1 is 1.58 bits per heavy atom. The van der Waals surface area contributed by atoms with Crippen LogP contribution < -0.4 is 5.32 Å². The maximum Gasteiger partial charge on any atom is 0.0947 e. The summed E-state index contributed by atoms with van der Waals surface area (Å²) in [5, 5.41) is 3.40. The molecule has 1 aromatic heterocycles.